The zero-order valence-corrected chi connectivity index (χ0v) is 17.1. The number of benzene rings is 1. The molecule has 2 N–H and O–H groups in total. The molecule has 2 atom stereocenters. The number of amides is 2. The van der Waals surface area contributed by atoms with Crippen LogP contribution >= 0.6 is 0 Å². The van der Waals surface area contributed by atoms with Crippen molar-refractivity contribution >= 4 is 17.7 Å². The van der Waals surface area contributed by atoms with Crippen LogP contribution in [-0.4, -0.2) is 47.8 Å². The van der Waals surface area contributed by atoms with E-state index in [0.717, 1.165) is 19.3 Å². The SMILES string of the molecule is COc1ccc(NC(=O)[C@@]23CCC[C@@H]2CN(C(=O)OC(C)(C)C)C3)cc1CO. The monoisotopic (exact) mass is 390 g/mol. The van der Waals surface area contributed by atoms with Crippen LogP contribution in [0.25, 0.3) is 0 Å². The standard InChI is InChI=1S/C21H30N2O5/c1-20(2,3)28-19(26)23-11-15-6-5-9-21(15,13-23)18(25)22-16-7-8-17(27-4)14(10-16)12-24/h7-8,10,15,24H,5-6,9,11-13H2,1-4H3,(H,22,25)/t15-,21-/m1/s1. The molecule has 1 heterocycles. The van der Waals surface area contributed by atoms with Gasteiger partial charge in [0.15, 0.2) is 0 Å². The molecular formula is C21H30N2O5. The lowest BCUT2D eigenvalue weighted by atomic mass is 9.79. The van der Waals surface area contributed by atoms with Gasteiger partial charge in [0, 0.05) is 24.3 Å². The molecule has 0 spiro atoms. The summed E-state index contributed by atoms with van der Waals surface area (Å²) in [6.07, 6.45) is 2.30. The molecule has 1 aliphatic heterocycles. The molecule has 1 aromatic rings. The van der Waals surface area contributed by atoms with Crippen molar-refractivity contribution in [3.8, 4) is 5.75 Å². The van der Waals surface area contributed by atoms with Crippen molar-refractivity contribution in [3.05, 3.63) is 23.8 Å². The zero-order valence-electron chi connectivity index (χ0n) is 17.1. The summed E-state index contributed by atoms with van der Waals surface area (Å²) in [4.78, 5) is 27.4. The highest BCUT2D eigenvalue weighted by atomic mass is 16.6. The van der Waals surface area contributed by atoms with E-state index in [1.807, 2.05) is 20.8 Å². The lowest BCUT2D eigenvalue weighted by Gasteiger charge is -2.28. The second-order valence-corrected chi connectivity index (χ2v) is 8.75. The van der Waals surface area contributed by atoms with Gasteiger partial charge in [-0.3, -0.25) is 4.79 Å². The number of methoxy groups -OCH3 is 1. The summed E-state index contributed by atoms with van der Waals surface area (Å²) in [5, 5.41) is 12.5. The summed E-state index contributed by atoms with van der Waals surface area (Å²) in [6.45, 7) is 6.27. The fourth-order valence-corrected chi connectivity index (χ4v) is 4.36. The van der Waals surface area contributed by atoms with Gasteiger partial charge in [0.05, 0.1) is 19.1 Å². The van der Waals surface area contributed by atoms with Crippen molar-refractivity contribution in [1.29, 1.82) is 0 Å². The third-order valence-electron chi connectivity index (χ3n) is 5.68. The van der Waals surface area contributed by atoms with Crippen LogP contribution in [0.5, 0.6) is 5.75 Å². The fraction of sp³-hybridized carbons (Fsp3) is 0.619. The van der Waals surface area contributed by atoms with E-state index in [-0.39, 0.29) is 24.5 Å². The van der Waals surface area contributed by atoms with Gasteiger partial charge in [-0.1, -0.05) is 6.42 Å². The molecule has 1 saturated heterocycles. The molecule has 1 aliphatic carbocycles. The molecule has 7 nitrogen and oxygen atoms in total. The Hall–Kier alpha value is -2.28. The van der Waals surface area contributed by atoms with Gasteiger partial charge in [-0.15, -0.1) is 0 Å². The average molecular weight is 390 g/mol. The molecule has 1 aromatic carbocycles. The summed E-state index contributed by atoms with van der Waals surface area (Å²) in [6, 6.07) is 5.21. The Bertz CT molecular complexity index is 758. The van der Waals surface area contributed by atoms with Crippen LogP contribution in [0.4, 0.5) is 10.5 Å². The Morgan fingerprint density at radius 1 is 1.36 bits per heavy atom. The van der Waals surface area contributed by atoms with Gasteiger partial charge in [-0.05, 0) is 57.7 Å². The van der Waals surface area contributed by atoms with Gasteiger partial charge in [0.25, 0.3) is 0 Å². The molecule has 1 saturated carbocycles. The molecule has 2 amide bonds. The third-order valence-corrected chi connectivity index (χ3v) is 5.68. The number of carbonyl (C=O) groups excluding carboxylic acids is 2. The number of hydrogen-bond acceptors (Lipinski definition) is 5. The number of anilines is 1. The number of hydrogen-bond donors (Lipinski definition) is 2. The van der Waals surface area contributed by atoms with Gasteiger partial charge in [-0.25, -0.2) is 4.79 Å². The summed E-state index contributed by atoms with van der Waals surface area (Å²) >= 11 is 0. The van der Waals surface area contributed by atoms with E-state index < -0.39 is 11.0 Å². The van der Waals surface area contributed by atoms with Crippen LogP contribution in [0.2, 0.25) is 0 Å². The minimum absolute atomic E-state index is 0.0740. The van der Waals surface area contributed by atoms with E-state index >= 15 is 0 Å². The number of nitrogens with one attached hydrogen (secondary N) is 1. The summed E-state index contributed by atoms with van der Waals surface area (Å²) in [7, 11) is 1.54. The lowest BCUT2D eigenvalue weighted by molar-refractivity contribution is -0.126. The van der Waals surface area contributed by atoms with Crippen molar-refractivity contribution in [2.75, 3.05) is 25.5 Å². The molecule has 154 valence electrons. The predicted molar refractivity (Wildman–Crippen MR) is 105 cm³/mol. The van der Waals surface area contributed by atoms with E-state index in [1.165, 1.54) is 0 Å². The van der Waals surface area contributed by atoms with Crippen molar-refractivity contribution < 1.29 is 24.2 Å². The van der Waals surface area contributed by atoms with Gasteiger partial charge in [0.2, 0.25) is 5.91 Å². The van der Waals surface area contributed by atoms with Gasteiger partial charge in [0.1, 0.15) is 11.4 Å². The van der Waals surface area contributed by atoms with E-state index in [4.69, 9.17) is 9.47 Å². The largest absolute Gasteiger partial charge is 0.496 e. The Morgan fingerprint density at radius 3 is 2.75 bits per heavy atom. The third kappa shape index (κ3) is 3.94. The Labute approximate surface area is 166 Å². The van der Waals surface area contributed by atoms with Crippen molar-refractivity contribution in [3.63, 3.8) is 0 Å². The number of nitrogens with zero attached hydrogens (tertiary/aromatic N) is 1. The molecule has 2 fully saturated rings. The fourth-order valence-electron chi connectivity index (χ4n) is 4.36. The maximum absolute atomic E-state index is 13.2. The predicted octanol–water partition coefficient (Wildman–Crippen LogP) is 3.16. The molecule has 7 heteroatoms. The number of aliphatic hydroxyl groups excluding tert-OH is 1. The number of fused-ring (bicyclic) bond motifs is 1. The zero-order chi connectivity index (χ0) is 20.5. The van der Waals surface area contributed by atoms with Gasteiger partial charge < -0.3 is 24.8 Å². The normalized spacial score (nSPS) is 24.0. The molecule has 0 unspecified atom stereocenters. The highest BCUT2D eigenvalue weighted by molar-refractivity contribution is 5.97. The highest BCUT2D eigenvalue weighted by Crippen LogP contribution is 2.49. The number of carbonyl (C=O) groups is 2. The molecule has 3 rings (SSSR count). The summed E-state index contributed by atoms with van der Waals surface area (Å²) in [5.41, 5.74) is 0.0812. The molecular weight excluding hydrogens is 360 g/mol. The maximum atomic E-state index is 13.2. The van der Waals surface area contributed by atoms with E-state index in [2.05, 4.69) is 5.32 Å². The molecule has 28 heavy (non-hydrogen) atoms. The molecule has 0 radical (unpaired) electrons. The molecule has 0 aromatic heterocycles. The second-order valence-electron chi connectivity index (χ2n) is 8.75. The van der Waals surface area contributed by atoms with Gasteiger partial charge >= 0.3 is 6.09 Å². The molecule has 2 aliphatic rings. The number of aliphatic hydroxyl groups is 1. The van der Waals surface area contributed by atoms with Crippen LogP contribution in [-0.2, 0) is 16.1 Å². The first-order valence-electron chi connectivity index (χ1n) is 9.76. The Morgan fingerprint density at radius 2 is 2.11 bits per heavy atom. The highest BCUT2D eigenvalue weighted by Gasteiger charge is 2.56. The van der Waals surface area contributed by atoms with Crippen LogP contribution in [0.1, 0.15) is 45.6 Å². The van der Waals surface area contributed by atoms with E-state index in [1.54, 1.807) is 30.2 Å². The Kier molecular flexibility index (Phi) is 5.57. The topological polar surface area (TPSA) is 88.1 Å². The first-order chi connectivity index (χ1) is 13.2. The minimum atomic E-state index is -0.587. The van der Waals surface area contributed by atoms with Gasteiger partial charge in [-0.2, -0.15) is 0 Å². The maximum Gasteiger partial charge on any atom is 0.410 e. The van der Waals surface area contributed by atoms with Crippen molar-refractivity contribution in [2.45, 2.75) is 52.2 Å². The van der Waals surface area contributed by atoms with E-state index in [0.29, 0.717) is 30.1 Å². The van der Waals surface area contributed by atoms with Crippen molar-refractivity contribution in [1.82, 2.24) is 4.90 Å². The second kappa shape index (κ2) is 7.62. The van der Waals surface area contributed by atoms with Crippen LogP contribution in [0.15, 0.2) is 18.2 Å². The summed E-state index contributed by atoms with van der Waals surface area (Å²) in [5.74, 6) is 0.639. The first kappa shape index (κ1) is 20.5. The smallest absolute Gasteiger partial charge is 0.410 e. The molecule has 0 bridgehead atoms. The van der Waals surface area contributed by atoms with Crippen molar-refractivity contribution in [2.24, 2.45) is 11.3 Å². The Balaban J connectivity index is 1.76. The summed E-state index contributed by atoms with van der Waals surface area (Å²) < 4.78 is 10.7. The number of likely N-dealkylation sites (tertiary alicyclic amines) is 1. The first-order valence-corrected chi connectivity index (χ1v) is 9.76. The lowest BCUT2D eigenvalue weighted by Crippen LogP contribution is -2.42. The van der Waals surface area contributed by atoms with E-state index in [9.17, 15) is 14.7 Å². The quantitative estimate of drug-likeness (QED) is 0.824. The van der Waals surface area contributed by atoms with Crippen LogP contribution < -0.4 is 10.1 Å². The number of rotatable bonds is 4. The van der Waals surface area contributed by atoms with Crippen LogP contribution in [0, 0.1) is 11.3 Å². The average Bonchev–Trinajstić information content (AvgIpc) is 3.18. The minimum Gasteiger partial charge on any atom is -0.496 e. The van der Waals surface area contributed by atoms with Crippen LogP contribution in [0.3, 0.4) is 0 Å². The number of ether oxygens (including phenoxy) is 2.